The molecular weight excluding hydrogens is 485 g/mol. The second-order valence-corrected chi connectivity index (χ2v) is 7.14. The van der Waals surface area contributed by atoms with Gasteiger partial charge in [-0.05, 0) is 31.4 Å². The number of nitrogens with zero attached hydrogens (tertiary/aromatic N) is 3. The predicted molar refractivity (Wildman–Crippen MR) is 128 cm³/mol. The number of hydrogen-bond donors (Lipinski definition) is 2. The summed E-state index contributed by atoms with van der Waals surface area (Å²) in [5.41, 5.74) is 5.04. The SMILES string of the molecule is CCNC(=NCCNC(=O)c1scnc1C)N(C)Cc1ccc(CC)cc1.I. The maximum atomic E-state index is 12.1. The van der Waals surface area contributed by atoms with Gasteiger partial charge < -0.3 is 15.5 Å². The Labute approximate surface area is 188 Å². The van der Waals surface area contributed by atoms with Crippen LogP contribution in [0, 0.1) is 6.92 Å². The van der Waals surface area contributed by atoms with Crippen molar-refractivity contribution in [3.8, 4) is 0 Å². The van der Waals surface area contributed by atoms with E-state index in [1.165, 1.54) is 22.5 Å². The number of thiazole rings is 1. The van der Waals surface area contributed by atoms with Crippen LogP contribution in [-0.4, -0.2) is 48.4 Å². The normalized spacial score (nSPS) is 10.9. The van der Waals surface area contributed by atoms with Crippen molar-refractivity contribution in [1.29, 1.82) is 0 Å². The number of carbonyl (C=O) groups is 1. The van der Waals surface area contributed by atoms with Crippen LogP contribution >= 0.6 is 35.3 Å². The van der Waals surface area contributed by atoms with Gasteiger partial charge in [-0.25, -0.2) is 4.98 Å². The highest BCUT2D eigenvalue weighted by molar-refractivity contribution is 14.0. The number of aryl methyl sites for hydroxylation is 2. The summed E-state index contributed by atoms with van der Waals surface area (Å²) in [7, 11) is 2.02. The van der Waals surface area contributed by atoms with Crippen LogP contribution in [0.25, 0.3) is 0 Å². The van der Waals surface area contributed by atoms with Crippen LogP contribution in [-0.2, 0) is 13.0 Å². The lowest BCUT2D eigenvalue weighted by Crippen LogP contribution is -2.39. The first-order valence-corrected chi connectivity index (χ1v) is 10.2. The maximum absolute atomic E-state index is 12.1. The van der Waals surface area contributed by atoms with Crippen LogP contribution in [0.5, 0.6) is 0 Å². The second kappa shape index (κ2) is 12.7. The molecule has 0 aliphatic carbocycles. The highest BCUT2D eigenvalue weighted by Gasteiger charge is 2.11. The molecule has 154 valence electrons. The molecular formula is C20H30IN5OS. The summed E-state index contributed by atoms with van der Waals surface area (Å²) in [6.07, 6.45) is 1.05. The lowest BCUT2D eigenvalue weighted by molar-refractivity contribution is 0.0958. The third-order valence-electron chi connectivity index (χ3n) is 4.16. The van der Waals surface area contributed by atoms with Gasteiger partial charge in [-0.1, -0.05) is 31.2 Å². The van der Waals surface area contributed by atoms with Gasteiger partial charge in [0.15, 0.2) is 5.96 Å². The Kier molecular flexibility index (Phi) is 11.1. The monoisotopic (exact) mass is 515 g/mol. The van der Waals surface area contributed by atoms with Gasteiger partial charge in [0.2, 0.25) is 0 Å². The van der Waals surface area contributed by atoms with E-state index in [9.17, 15) is 4.79 Å². The average Bonchev–Trinajstić information content (AvgIpc) is 3.10. The first-order valence-electron chi connectivity index (χ1n) is 9.30. The number of hydrogen-bond acceptors (Lipinski definition) is 4. The smallest absolute Gasteiger partial charge is 0.263 e. The highest BCUT2D eigenvalue weighted by atomic mass is 127. The fourth-order valence-corrected chi connectivity index (χ4v) is 3.35. The zero-order valence-corrected chi connectivity index (χ0v) is 20.1. The number of guanidine groups is 1. The molecule has 8 heteroatoms. The van der Waals surface area contributed by atoms with Crippen molar-refractivity contribution in [3.63, 3.8) is 0 Å². The van der Waals surface area contributed by atoms with Crippen molar-refractivity contribution in [3.05, 3.63) is 51.5 Å². The van der Waals surface area contributed by atoms with Gasteiger partial charge in [-0.3, -0.25) is 9.79 Å². The predicted octanol–water partition coefficient (Wildman–Crippen LogP) is 3.46. The Morgan fingerprint density at radius 2 is 1.86 bits per heavy atom. The summed E-state index contributed by atoms with van der Waals surface area (Å²) >= 11 is 1.36. The third-order valence-corrected chi connectivity index (χ3v) is 5.09. The number of rotatable bonds is 8. The number of aromatic nitrogens is 1. The molecule has 28 heavy (non-hydrogen) atoms. The molecule has 0 spiro atoms. The Balaban J connectivity index is 0.00000392. The van der Waals surface area contributed by atoms with Crippen molar-refractivity contribution in [1.82, 2.24) is 20.5 Å². The number of aliphatic imine (C=N–C) groups is 1. The number of carbonyl (C=O) groups excluding carboxylic acids is 1. The van der Waals surface area contributed by atoms with Crippen molar-refractivity contribution in [2.45, 2.75) is 33.7 Å². The molecule has 2 aromatic rings. The van der Waals surface area contributed by atoms with Crippen LogP contribution in [0.1, 0.15) is 40.3 Å². The van der Waals surface area contributed by atoms with Gasteiger partial charge in [-0.15, -0.1) is 35.3 Å². The first-order chi connectivity index (χ1) is 13.0. The molecule has 1 aromatic heterocycles. The largest absolute Gasteiger partial charge is 0.357 e. The van der Waals surface area contributed by atoms with E-state index in [2.05, 4.69) is 56.7 Å². The fourth-order valence-electron chi connectivity index (χ4n) is 2.63. The van der Waals surface area contributed by atoms with Gasteiger partial charge in [0, 0.05) is 26.7 Å². The molecule has 1 aromatic carbocycles. The summed E-state index contributed by atoms with van der Waals surface area (Å²) in [4.78, 5) is 23.6. The van der Waals surface area contributed by atoms with E-state index in [1.54, 1.807) is 5.51 Å². The molecule has 0 fully saturated rings. The topological polar surface area (TPSA) is 69.6 Å². The van der Waals surface area contributed by atoms with Crippen LogP contribution < -0.4 is 10.6 Å². The number of amides is 1. The molecule has 0 aliphatic heterocycles. The Hall–Kier alpha value is -1.68. The Morgan fingerprint density at radius 1 is 1.18 bits per heavy atom. The molecule has 1 amide bonds. The quantitative estimate of drug-likeness (QED) is 0.245. The summed E-state index contributed by atoms with van der Waals surface area (Å²) in [6, 6.07) is 8.67. The van der Waals surface area contributed by atoms with Crippen molar-refractivity contribution in [2.75, 3.05) is 26.7 Å². The molecule has 0 bridgehead atoms. The second-order valence-electron chi connectivity index (χ2n) is 6.28. The minimum absolute atomic E-state index is 0. The molecule has 0 saturated carbocycles. The zero-order chi connectivity index (χ0) is 19.6. The molecule has 0 atom stereocenters. The fraction of sp³-hybridized carbons (Fsp3) is 0.450. The lowest BCUT2D eigenvalue weighted by atomic mass is 10.1. The molecule has 2 N–H and O–H groups in total. The molecule has 0 radical (unpaired) electrons. The van der Waals surface area contributed by atoms with E-state index in [0.29, 0.717) is 18.0 Å². The Bertz CT molecular complexity index is 760. The summed E-state index contributed by atoms with van der Waals surface area (Å²) < 4.78 is 0. The van der Waals surface area contributed by atoms with E-state index < -0.39 is 0 Å². The van der Waals surface area contributed by atoms with E-state index in [0.717, 1.165) is 31.2 Å². The van der Waals surface area contributed by atoms with Gasteiger partial charge in [0.05, 0.1) is 17.7 Å². The third kappa shape index (κ3) is 7.38. The van der Waals surface area contributed by atoms with Crippen LogP contribution in [0.15, 0.2) is 34.8 Å². The average molecular weight is 515 g/mol. The van der Waals surface area contributed by atoms with Gasteiger partial charge in [0.25, 0.3) is 5.91 Å². The maximum Gasteiger partial charge on any atom is 0.263 e. The summed E-state index contributed by atoms with van der Waals surface area (Å²) in [5.74, 6) is 0.750. The van der Waals surface area contributed by atoms with Crippen molar-refractivity contribution >= 4 is 47.2 Å². The highest BCUT2D eigenvalue weighted by Crippen LogP contribution is 2.11. The molecule has 2 rings (SSSR count). The van der Waals surface area contributed by atoms with E-state index in [4.69, 9.17) is 0 Å². The van der Waals surface area contributed by atoms with Gasteiger partial charge >= 0.3 is 0 Å². The molecule has 0 aliphatic rings. The minimum Gasteiger partial charge on any atom is -0.357 e. The van der Waals surface area contributed by atoms with Crippen LogP contribution in [0.2, 0.25) is 0 Å². The standard InChI is InChI=1S/C20H29N5OS.HI/c1-5-16-7-9-17(10-8-16)13-25(4)20(21-6-2)23-12-11-22-19(26)18-15(3)24-14-27-18;/h7-10,14H,5-6,11-13H2,1-4H3,(H,21,23)(H,22,26);1H. The first kappa shape index (κ1) is 24.4. The number of benzene rings is 1. The van der Waals surface area contributed by atoms with Gasteiger partial charge in [0.1, 0.15) is 4.88 Å². The lowest BCUT2D eigenvalue weighted by Gasteiger charge is -2.22. The van der Waals surface area contributed by atoms with E-state index >= 15 is 0 Å². The van der Waals surface area contributed by atoms with Gasteiger partial charge in [-0.2, -0.15) is 0 Å². The Morgan fingerprint density at radius 3 is 2.43 bits per heavy atom. The van der Waals surface area contributed by atoms with E-state index in [1.807, 2.05) is 20.9 Å². The zero-order valence-electron chi connectivity index (χ0n) is 17.0. The van der Waals surface area contributed by atoms with E-state index in [-0.39, 0.29) is 29.9 Å². The van der Waals surface area contributed by atoms with Crippen LogP contribution in [0.3, 0.4) is 0 Å². The summed E-state index contributed by atoms with van der Waals surface area (Å²) in [6.45, 7) is 8.64. The molecule has 1 heterocycles. The summed E-state index contributed by atoms with van der Waals surface area (Å²) in [5, 5.41) is 6.21. The number of nitrogens with one attached hydrogen (secondary N) is 2. The van der Waals surface area contributed by atoms with Crippen LogP contribution in [0.4, 0.5) is 0 Å². The van der Waals surface area contributed by atoms with Crippen molar-refractivity contribution in [2.24, 2.45) is 4.99 Å². The molecule has 0 unspecified atom stereocenters. The molecule has 0 saturated heterocycles. The minimum atomic E-state index is -0.0837. The molecule has 6 nitrogen and oxygen atoms in total. The van der Waals surface area contributed by atoms with Crippen molar-refractivity contribution < 1.29 is 4.79 Å². The number of halogens is 1.